The van der Waals surface area contributed by atoms with E-state index in [4.69, 9.17) is 0 Å². The van der Waals surface area contributed by atoms with Gasteiger partial charge < -0.3 is 10.0 Å². The van der Waals surface area contributed by atoms with E-state index in [-0.39, 0.29) is 12.0 Å². The van der Waals surface area contributed by atoms with Crippen molar-refractivity contribution in [3.63, 3.8) is 0 Å². The maximum atomic E-state index is 12.7. The van der Waals surface area contributed by atoms with Gasteiger partial charge in [-0.15, -0.1) is 0 Å². The number of amides is 1. The number of para-hydroxylation sites is 1. The normalized spacial score (nSPS) is 20.3. The summed E-state index contributed by atoms with van der Waals surface area (Å²) >= 11 is 0. The fourth-order valence-electron chi connectivity index (χ4n) is 3.38. The van der Waals surface area contributed by atoms with E-state index < -0.39 is 0 Å². The number of carbonyl (C=O) groups excluding carboxylic acids is 1. The lowest BCUT2D eigenvalue weighted by atomic mass is 10.1. The van der Waals surface area contributed by atoms with E-state index in [0.717, 1.165) is 43.4 Å². The molecule has 1 aromatic heterocycles. The summed E-state index contributed by atoms with van der Waals surface area (Å²) in [5, 5.41) is 11.1. The van der Waals surface area contributed by atoms with Crippen LogP contribution in [0.25, 0.3) is 10.9 Å². The van der Waals surface area contributed by atoms with E-state index in [0.29, 0.717) is 24.7 Å². The third-order valence-electron chi connectivity index (χ3n) is 5.09. The molecule has 2 fully saturated rings. The minimum absolute atomic E-state index is 0.00291. The lowest BCUT2D eigenvalue weighted by Gasteiger charge is -2.35. The highest BCUT2D eigenvalue weighted by Crippen LogP contribution is 2.32. The monoisotopic (exact) mass is 325 g/mol. The van der Waals surface area contributed by atoms with Crippen LogP contribution in [0.3, 0.4) is 0 Å². The molecule has 1 aliphatic carbocycles. The molecule has 4 rings (SSSR count). The van der Waals surface area contributed by atoms with Gasteiger partial charge in [0.05, 0.1) is 11.6 Å². The molecule has 1 atom stereocenters. The molecule has 1 unspecified atom stereocenters. The number of aliphatic hydroxyl groups excluding tert-OH is 1. The van der Waals surface area contributed by atoms with Gasteiger partial charge in [-0.05, 0) is 30.9 Å². The molecule has 1 saturated heterocycles. The molecule has 0 bridgehead atoms. The van der Waals surface area contributed by atoms with E-state index in [9.17, 15) is 9.90 Å². The maximum Gasteiger partial charge on any atom is 0.272 e. The summed E-state index contributed by atoms with van der Waals surface area (Å²) < 4.78 is 0. The van der Waals surface area contributed by atoms with Crippen LogP contribution in [-0.2, 0) is 0 Å². The van der Waals surface area contributed by atoms with Gasteiger partial charge in [-0.1, -0.05) is 24.3 Å². The number of hydrogen-bond donors (Lipinski definition) is 1. The van der Waals surface area contributed by atoms with E-state index in [1.54, 1.807) is 0 Å². The van der Waals surface area contributed by atoms with Crippen LogP contribution in [0.1, 0.15) is 23.3 Å². The van der Waals surface area contributed by atoms with Gasteiger partial charge >= 0.3 is 0 Å². The Hall–Kier alpha value is -1.98. The minimum atomic E-state index is -0.200. The molecule has 2 heterocycles. The Morgan fingerprint density at radius 3 is 2.62 bits per heavy atom. The molecule has 1 saturated carbocycles. The summed E-state index contributed by atoms with van der Waals surface area (Å²) in [6.07, 6.45) is 2.12. The van der Waals surface area contributed by atoms with Crippen LogP contribution in [-0.4, -0.2) is 64.6 Å². The van der Waals surface area contributed by atoms with Gasteiger partial charge in [-0.25, -0.2) is 4.98 Å². The predicted octanol–water partition coefficient (Wildman–Crippen LogP) is 1.76. The zero-order valence-electron chi connectivity index (χ0n) is 13.8. The third kappa shape index (κ3) is 3.28. The Bertz CT molecular complexity index is 736. The van der Waals surface area contributed by atoms with Gasteiger partial charge in [0.1, 0.15) is 5.69 Å². The lowest BCUT2D eigenvalue weighted by molar-refractivity contribution is 0.0485. The second-order valence-corrected chi connectivity index (χ2v) is 6.89. The van der Waals surface area contributed by atoms with E-state index in [2.05, 4.69) is 9.88 Å². The van der Waals surface area contributed by atoms with Crippen LogP contribution in [0.15, 0.2) is 36.4 Å². The summed E-state index contributed by atoms with van der Waals surface area (Å²) in [5.41, 5.74) is 1.37. The number of piperazine rings is 1. The van der Waals surface area contributed by atoms with Gasteiger partial charge in [-0.3, -0.25) is 9.69 Å². The first kappa shape index (κ1) is 15.5. The molecular weight excluding hydrogens is 302 g/mol. The van der Waals surface area contributed by atoms with Crippen molar-refractivity contribution in [2.45, 2.75) is 18.9 Å². The zero-order chi connectivity index (χ0) is 16.5. The van der Waals surface area contributed by atoms with E-state index >= 15 is 0 Å². The van der Waals surface area contributed by atoms with Crippen molar-refractivity contribution < 1.29 is 9.90 Å². The highest BCUT2D eigenvalue weighted by atomic mass is 16.3. The number of hydrogen-bond acceptors (Lipinski definition) is 4. The number of aromatic nitrogens is 1. The van der Waals surface area contributed by atoms with Crippen molar-refractivity contribution in [2.24, 2.45) is 5.92 Å². The SMILES string of the molecule is O=C(c1ccc2ccccc2n1)N1CCN(CC(O)C2CC2)CC1. The van der Waals surface area contributed by atoms with Crippen LogP contribution in [0, 0.1) is 5.92 Å². The summed E-state index contributed by atoms with van der Waals surface area (Å²) in [5.74, 6) is 0.509. The average Bonchev–Trinajstić information content (AvgIpc) is 3.46. The summed E-state index contributed by atoms with van der Waals surface area (Å²) in [7, 11) is 0. The predicted molar refractivity (Wildman–Crippen MR) is 92.8 cm³/mol. The first-order chi connectivity index (χ1) is 11.7. The van der Waals surface area contributed by atoms with Gasteiger partial charge in [0, 0.05) is 38.1 Å². The molecule has 1 amide bonds. The number of carbonyl (C=O) groups is 1. The van der Waals surface area contributed by atoms with Crippen molar-refractivity contribution in [3.05, 3.63) is 42.1 Å². The van der Waals surface area contributed by atoms with Crippen LogP contribution in [0.2, 0.25) is 0 Å². The van der Waals surface area contributed by atoms with Crippen molar-refractivity contribution in [1.29, 1.82) is 0 Å². The topological polar surface area (TPSA) is 56.7 Å². The molecule has 5 nitrogen and oxygen atoms in total. The zero-order valence-corrected chi connectivity index (χ0v) is 13.8. The molecule has 5 heteroatoms. The van der Waals surface area contributed by atoms with Crippen LogP contribution in [0.5, 0.6) is 0 Å². The highest BCUT2D eigenvalue weighted by Gasteiger charge is 2.32. The Morgan fingerprint density at radius 1 is 1.12 bits per heavy atom. The molecule has 2 aliphatic rings. The molecule has 0 radical (unpaired) electrons. The summed E-state index contributed by atoms with van der Waals surface area (Å²) in [6.45, 7) is 3.78. The van der Waals surface area contributed by atoms with Gasteiger partial charge in [-0.2, -0.15) is 0 Å². The molecule has 1 aromatic carbocycles. The number of benzene rings is 1. The van der Waals surface area contributed by atoms with Gasteiger partial charge in [0.2, 0.25) is 0 Å². The van der Waals surface area contributed by atoms with Gasteiger partial charge in [0.15, 0.2) is 0 Å². The highest BCUT2D eigenvalue weighted by molar-refractivity contribution is 5.95. The second kappa shape index (κ2) is 6.49. The fourth-order valence-corrected chi connectivity index (χ4v) is 3.38. The van der Waals surface area contributed by atoms with Crippen LogP contribution in [0.4, 0.5) is 0 Å². The van der Waals surface area contributed by atoms with Crippen molar-refractivity contribution >= 4 is 16.8 Å². The lowest BCUT2D eigenvalue weighted by Crippen LogP contribution is -2.50. The first-order valence-corrected chi connectivity index (χ1v) is 8.76. The second-order valence-electron chi connectivity index (χ2n) is 6.89. The number of fused-ring (bicyclic) bond motifs is 1. The minimum Gasteiger partial charge on any atom is -0.392 e. The average molecular weight is 325 g/mol. The maximum absolute atomic E-state index is 12.7. The van der Waals surface area contributed by atoms with E-state index in [1.807, 2.05) is 41.3 Å². The fraction of sp³-hybridized carbons (Fsp3) is 0.474. The molecule has 126 valence electrons. The summed E-state index contributed by atoms with van der Waals surface area (Å²) in [6, 6.07) is 11.6. The van der Waals surface area contributed by atoms with Crippen molar-refractivity contribution in [2.75, 3.05) is 32.7 Å². The Labute approximate surface area is 141 Å². The first-order valence-electron chi connectivity index (χ1n) is 8.76. The quantitative estimate of drug-likeness (QED) is 0.931. The molecule has 0 spiro atoms. The molecular formula is C19H23N3O2. The molecule has 2 aromatic rings. The number of pyridine rings is 1. The molecule has 24 heavy (non-hydrogen) atoms. The van der Waals surface area contributed by atoms with Gasteiger partial charge in [0.25, 0.3) is 5.91 Å². The summed E-state index contributed by atoms with van der Waals surface area (Å²) in [4.78, 5) is 21.3. The standard InChI is InChI=1S/C19H23N3O2/c23-18(15-5-6-15)13-21-9-11-22(12-10-21)19(24)17-8-7-14-3-1-2-4-16(14)20-17/h1-4,7-8,15,18,23H,5-6,9-13H2. The van der Waals surface area contributed by atoms with E-state index in [1.165, 1.54) is 0 Å². The smallest absolute Gasteiger partial charge is 0.272 e. The van der Waals surface area contributed by atoms with Crippen LogP contribution >= 0.6 is 0 Å². The number of rotatable bonds is 4. The molecule has 1 aliphatic heterocycles. The third-order valence-corrected chi connectivity index (χ3v) is 5.09. The van der Waals surface area contributed by atoms with Crippen LogP contribution < -0.4 is 0 Å². The Morgan fingerprint density at radius 2 is 1.88 bits per heavy atom. The van der Waals surface area contributed by atoms with Crippen molar-refractivity contribution in [3.8, 4) is 0 Å². The largest absolute Gasteiger partial charge is 0.392 e. The number of nitrogens with zero attached hydrogens (tertiary/aromatic N) is 3. The Kier molecular flexibility index (Phi) is 4.21. The number of β-amino-alcohol motifs (C(OH)–C–C–N with tert-alkyl or cyclic N) is 1. The number of aliphatic hydroxyl groups is 1. The Balaban J connectivity index is 1.38. The molecule has 1 N–H and O–H groups in total. The van der Waals surface area contributed by atoms with Crippen molar-refractivity contribution in [1.82, 2.24) is 14.8 Å².